The monoisotopic (exact) mass is 1070 g/mol. The molecular formula is C40H64O33. The molecular weight excluding hydrogens is 1010 g/mol. The summed E-state index contributed by atoms with van der Waals surface area (Å²) in [6, 6.07) is 0. The Labute approximate surface area is 411 Å². The number of aliphatic hydroxyl groups is 17. The molecule has 0 radical (unpaired) electrons. The van der Waals surface area contributed by atoms with Crippen molar-refractivity contribution in [3.63, 3.8) is 0 Å². The molecule has 422 valence electrons. The SMILES string of the molecule is O=C(O)CCC(=O)O[C@@H]1[C@@H](O)[C@H]2O[C@H]3[C@H](O)[C@@H](O)[C@@H](O[C@H]4[C@H](O)[C@@H](O)[C@@H](O[C@H]5[C@H](O)[C@@H](O)[C@@H](O[C@H]6[C@H](O)[C@@H](O)[C@@H](O[C@H]7[C@H](O)[C@@H](O)[C@@H](O[C@H]1[C@@H](CO)O2)O[C@@H]7CO)O[C@@H]6CO)O[C@@H]5CO)O[C@@H]4CO)O[C@@H]3CO. The second-order valence-electron chi connectivity index (χ2n) is 18.2. The van der Waals surface area contributed by atoms with Crippen molar-refractivity contribution in [2.24, 2.45) is 0 Å². The van der Waals surface area contributed by atoms with Crippen LogP contribution in [-0.4, -0.2) is 328 Å². The number of carboxylic acids is 1. The fourth-order valence-electron chi connectivity index (χ4n) is 9.47. The van der Waals surface area contributed by atoms with E-state index >= 15 is 0 Å². The van der Waals surface area contributed by atoms with E-state index in [0.29, 0.717) is 0 Å². The van der Waals surface area contributed by atoms with Crippen molar-refractivity contribution in [1.82, 2.24) is 0 Å². The van der Waals surface area contributed by atoms with Gasteiger partial charge in [-0.2, -0.15) is 0 Å². The van der Waals surface area contributed by atoms with Gasteiger partial charge in [0.15, 0.2) is 43.8 Å². The lowest BCUT2D eigenvalue weighted by molar-refractivity contribution is -0.404. The Balaban J connectivity index is 1.23. The largest absolute Gasteiger partial charge is 0.481 e. The van der Waals surface area contributed by atoms with Gasteiger partial charge in [0, 0.05) is 0 Å². The maximum absolute atomic E-state index is 13.0. The van der Waals surface area contributed by atoms with Crippen LogP contribution < -0.4 is 0 Å². The van der Waals surface area contributed by atoms with E-state index < -0.39 is 249 Å². The molecule has 22 saturated heterocycles. The molecule has 22 rings (SSSR count). The van der Waals surface area contributed by atoms with E-state index in [1.54, 1.807) is 0 Å². The van der Waals surface area contributed by atoms with E-state index in [2.05, 4.69) is 0 Å². The van der Waals surface area contributed by atoms with Crippen LogP contribution in [-0.2, 0) is 71.2 Å². The summed E-state index contributed by atoms with van der Waals surface area (Å²) in [5.74, 6) is -2.74. The zero-order valence-electron chi connectivity index (χ0n) is 38.2. The van der Waals surface area contributed by atoms with Gasteiger partial charge < -0.3 is 153 Å². The van der Waals surface area contributed by atoms with Gasteiger partial charge in [-0.15, -0.1) is 0 Å². The molecule has 0 amide bonds. The molecule has 30 atom stereocenters. The summed E-state index contributed by atoms with van der Waals surface area (Å²) in [6.45, 7) is -6.38. The highest BCUT2D eigenvalue weighted by molar-refractivity contribution is 5.76. The normalized spacial score (nSPS) is 51.0. The van der Waals surface area contributed by atoms with Gasteiger partial charge in [0.1, 0.15) is 140 Å². The lowest BCUT2D eigenvalue weighted by Crippen LogP contribution is -2.69. The number of rotatable bonds is 10. The summed E-state index contributed by atoms with van der Waals surface area (Å²) in [7, 11) is 0. The quantitative estimate of drug-likeness (QED) is 0.0903. The average Bonchev–Trinajstić information content (AvgIpc) is 3.37. The van der Waals surface area contributed by atoms with Crippen LogP contribution in [0.2, 0.25) is 0 Å². The Morgan fingerprint density at radius 1 is 0.301 bits per heavy atom. The molecule has 22 aliphatic heterocycles. The molecule has 22 aliphatic rings. The molecule has 33 heteroatoms. The van der Waals surface area contributed by atoms with Gasteiger partial charge >= 0.3 is 11.9 Å². The Morgan fingerprint density at radius 2 is 0.521 bits per heavy atom. The first-order chi connectivity index (χ1) is 34.7. The summed E-state index contributed by atoms with van der Waals surface area (Å²) < 4.78 is 73.9. The van der Waals surface area contributed by atoms with Gasteiger partial charge in [-0.3, -0.25) is 9.59 Å². The third kappa shape index (κ3) is 12.1. The molecule has 0 spiro atoms. The molecule has 0 aromatic carbocycles. The first-order valence-electron chi connectivity index (χ1n) is 23.1. The van der Waals surface area contributed by atoms with Gasteiger partial charge in [0.25, 0.3) is 0 Å². The number of aliphatic hydroxyl groups excluding tert-OH is 17. The molecule has 22 heterocycles. The maximum Gasteiger partial charge on any atom is 0.306 e. The summed E-state index contributed by atoms with van der Waals surface area (Å²) in [6.07, 6.45) is -62.4. The molecule has 33 nitrogen and oxygen atoms in total. The Bertz CT molecular complexity index is 1760. The van der Waals surface area contributed by atoms with Gasteiger partial charge in [0.2, 0.25) is 0 Å². The van der Waals surface area contributed by atoms with Crippen LogP contribution in [0.3, 0.4) is 0 Å². The zero-order chi connectivity index (χ0) is 53.3. The van der Waals surface area contributed by atoms with Crippen molar-refractivity contribution in [3.05, 3.63) is 0 Å². The van der Waals surface area contributed by atoms with Crippen LogP contribution in [0.25, 0.3) is 0 Å². The summed E-state index contributed by atoms with van der Waals surface area (Å²) in [5.41, 5.74) is 0. The standard InChI is InChI=1S/C40H64O33/c41-3-9-28-17(50)22(55)35(61-9)69-29-10(4-42)63-37(24(57)19(29)52)71-31-12(6-44)65-39(26(59)21(31)54)73-33-14(8-46)66-40(27(60)34(33)67-16(49)2-1-15(47)48)72-32-13(7-45)64-38(25(58)20(32)53)70-30-11(5-43)62-36(68-28)23(56)18(30)51/h9-14,17-46,50-60H,1-8H2,(H,47,48)/t9-,10-,11-,12-,13-,14-,17-,18-,19-,20-,21-,22-,23-,24-,25-,26-,27-,28-,29-,30-,31-,32-,33+,34-,35-,36-,37-,38-,39-,40-/m1/s1. The fraction of sp³-hybridized carbons (Fsp3) is 0.950. The molecule has 0 aromatic heterocycles. The highest BCUT2D eigenvalue weighted by Gasteiger charge is 2.59. The van der Waals surface area contributed by atoms with Crippen molar-refractivity contribution in [2.75, 3.05) is 39.6 Å². The van der Waals surface area contributed by atoms with Crippen molar-refractivity contribution in [3.8, 4) is 0 Å². The van der Waals surface area contributed by atoms with Gasteiger partial charge in [-0.05, 0) is 0 Å². The Hall–Kier alpha value is -2.22. The van der Waals surface area contributed by atoms with Gasteiger partial charge in [-0.25, -0.2) is 0 Å². The first-order valence-corrected chi connectivity index (χ1v) is 23.1. The number of carboxylic acid groups (broad SMARTS) is 1. The Morgan fingerprint density at radius 3 is 0.753 bits per heavy atom. The first kappa shape index (κ1) is 58.5. The summed E-state index contributed by atoms with van der Waals surface area (Å²) in [5, 5.41) is 196. The van der Waals surface area contributed by atoms with Crippen LogP contribution in [0.4, 0.5) is 0 Å². The third-order valence-electron chi connectivity index (χ3n) is 13.5. The molecule has 73 heavy (non-hydrogen) atoms. The van der Waals surface area contributed by atoms with Crippen LogP contribution >= 0.6 is 0 Å². The maximum atomic E-state index is 13.0. The minimum atomic E-state index is -2.30. The Kier molecular flexibility index (Phi) is 20.1. The van der Waals surface area contributed by atoms with Crippen LogP contribution in [0.5, 0.6) is 0 Å². The van der Waals surface area contributed by atoms with Crippen molar-refractivity contribution in [1.29, 1.82) is 0 Å². The number of aliphatic carboxylic acids is 1. The minimum Gasteiger partial charge on any atom is -0.481 e. The van der Waals surface area contributed by atoms with Crippen LogP contribution in [0, 0.1) is 0 Å². The van der Waals surface area contributed by atoms with Gasteiger partial charge in [0.05, 0.1) is 52.5 Å². The van der Waals surface area contributed by atoms with Crippen LogP contribution in [0.1, 0.15) is 12.8 Å². The predicted octanol–water partition coefficient (Wildman–Crippen LogP) is -12.6. The number of carbonyl (C=O) groups is 2. The number of esters is 1. The number of carbonyl (C=O) groups excluding carboxylic acids is 1. The second kappa shape index (κ2) is 25.1. The van der Waals surface area contributed by atoms with E-state index in [-0.39, 0.29) is 0 Å². The molecule has 0 unspecified atom stereocenters. The highest BCUT2D eigenvalue weighted by Crippen LogP contribution is 2.38. The third-order valence-corrected chi connectivity index (χ3v) is 13.5. The molecule has 18 N–H and O–H groups in total. The van der Waals surface area contributed by atoms with Crippen molar-refractivity contribution >= 4 is 11.9 Å². The fourth-order valence-corrected chi connectivity index (χ4v) is 9.47. The molecule has 0 aliphatic carbocycles. The topological polar surface area (TPSA) is 518 Å². The number of ether oxygens (including phenoxy) is 13. The van der Waals surface area contributed by atoms with Crippen molar-refractivity contribution < 1.29 is 163 Å². The van der Waals surface area contributed by atoms with Crippen molar-refractivity contribution in [2.45, 2.75) is 197 Å². The molecule has 22 fully saturated rings. The highest BCUT2D eigenvalue weighted by atomic mass is 16.8. The van der Waals surface area contributed by atoms with Crippen LogP contribution in [0.15, 0.2) is 0 Å². The van der Waals surface area contributed by atoms with E-state index in [9.17, 15) is 102 Å². The van der Waals surface area contributed by atoms with E-state index in [1.807, 2.05) is 0 Å². The molecule has 0 saturated carbocycles. The minimum absolute atomic E-state index is 0.790. The van der Waals surface area contributed by atoms with Gasteiger partial charge in [-0.1, -0.05) is 0 Å². The molecule has 0 aromatic rings. The molecule has 12 bridgehead atoms. The van der Waals surface area contributed by atoms with E-state index in [0.717, 1.165) is 0 Å². The van der Waals surface area contributed by atoms with E-state index in [4.69, 9.17) is 61.6 Å². The number of hydrogen-bond donors (Lipinski definition) is 18. The lowest BCUT2D eigenvalue weighted by Gasteiger charge is -2.51. The number of hydrogen-bond acceptors (Lipinski definition) is 32. The smallest absolute Gasteiger partial charge is 0.306 e. The lowest BCUT2D eigenvalue weighted by atomic mass is 9.94. The summed E-state index contributed by atoms with van der Waals surface area (Å²) >= 11 is 0. The zero-order valence-corrected chi connectivity index (χ0v) is 38.2. The van der Waals surface area contributed by atoms with E-state index in [1.165, 1.54) is 0 Å². The average molecular weight is 1070 g/mol. The predicted molar refractivity (Wildman–Crippen MR) is 217 cm³/mol. The summed E-state index contributed by atoms with van der Waals surface area (Å²) in [4.78, 5) is 24.3. The second-order valence-corrected chi connectivity index (χ2v) is 18.2.